The van der Waals surface area contributed by atoms with Crippen LogP contribution >= 0.6 is 11.8 Å². The van der Waals surface area contributed by atoms with Crippen molar-refractivity contribution in [2.75, 3.05) is 7.05 Å². The molecule has 0 fully saturated rings. The van der Waals surface area contributed by atoms with Gasteiger partial charge >= 0.3 is 0 Å². The van der Waals surface area contributed by atoms with Gasteiger partial charge in [0.25, 0.3) is 0 Å². The number of hydrogen-bond donors (Lipinski definition) is 0. The van der Waals surface area contributed by atoms with E-state index in [9.17, 15) is 4.79 Å². The summed E-state index contributed by atoms with van der Waals surface area (Å²) in [6.07, 6.45) is 4.46. The topological polar surface area (TPSA) is 63.9 Å². The van der Waals surface area contributed by atoms with Crippen molar-refractivity contribution < 1.29 is 4.79 Å². The van der Waals surface area contributed by atoms with Crippen LogP contribution < -0.4 is 0 Å². The van der Waals surface area contributed by atoms with Crippen LogP contribution in [0.2, 0.25) is 0 Å². The van der Waals surface area contributed by atoms with Gasteiger partial charge in [-0.2, -0.15) is 0 Å². The van der Waals surface area contributed by atoms with E-state index in [4.69, 9.17) is 0 Å². The summed E-state index contributed by atoms with van der Waals surface area (Å²) >= 11 is 1.42. The average Bonchev–Trinajstić information content (AvgIpc) is 3.28. The summed E-state index contributed by atoms with van der Waals surface area (Å²) in [5, 5.41) is 9.29. The van der Waals surface area contributed by atoms with E-state index in [2.05, 4.69) is 46.4 Å². The predicted molar refractivity (Wildman–Crippen MR) is 132 cm³/mol. The summed E-state index contributed by atoms with van der Waals surface area (Å²) in [4.78, 5) is 19.0. The Labute approximate surface area is 198 Å². The van der Waals surface area contributed by atoms with Crippen molar-refractivity contribution in [3.63, 3.8) is 0 Å². The number of aryl methyl sites for hydroxylation is 1. The molecule has 0 N–H and O–H groups in total. The normalized spacial score (nSPS) is 11.8. The first kappa shape index (κ1) is 22.7. The first-order valence-electron chi connectivity index (χ1n) is 11.0. The molecule has 4 aromatic rings. The summed E-state index contributed by atoms with van der Waals surface area (Å²) in [5.74, 6) is 0.770. The number of aromatic nitrogens is 4. The molecular formula is C26H27N5OS. The summed E-state index contributed by atoms with van der Waals surface area (Å²) in [6, 6.07) is 22.2. The maximum atomic E-state index is 13.1. The Morgan fingerprint density at radius 2 is 1.67 bits per heavy atom. The van der Waals surface area contributed by atoms with Crippen LogP contribution in [0.25, 0.3) is 17.1 Å². The summed E-state index contributed by atoms with van der Waals surface area (Å²) in [7, 11) is 1.84. The third-order valence-electron chi connectivity index (χ3n) is 5.44. The van der Waals surface area contributed by atoms with Crippen LogP contribution in [-0.4, -0.2) is 42.9 Å². The second-order valence-corrected chi connectivity index (χ2v) is 9.15. The summed E-state index contributed by atoms with van der Waals surface area (Å²) in [6.45, 7) is 4.62. The van der Waals surface area contributed by atoms with Crippen molar-refractivity contribution in [3.05, 3.63) is 90.3 Å². The van der Waals surface area contributed by atoms with Gasteiger partial charge < -0.3 is 4.90 Å². The van der Waals surface area contributed by atoms with Crippen LogP contribution in [0.15, 0.2) is 84.3 Å². The highest BCUT2D eigenvalue weighted by atomic mass is 32.2. The summed E-state index contributed by atoms with van der Waals surface area (Å²) in [5.41, 5.74) is 4.25. The minimum absolute atomic E-state index is 0.0465. The van der Waals surface area contributed by atoms with Gasteiger partial charge in [0.1, 0.15) is 0 Å². The zero-order chi connectivity index (χ0) is 23.2. The molecule has 4 rings (SSSR count). The zero-order valence-electron chi connectivity index (χ0n) is 19.0. The lowest BCUT2D eigenvalue weighted by Gasteiger charge is -2.21. The number of thioether (sulfide) groups is 1. The molecule has 1 amide bonds. The van der Waals surface area contributed by atoms with E-state index in [0.717, 1.165) is 29.1 Å². The van der Waals surface area contributed by atoms with Crippen LogP contribution in [0.3, 0.4) is 0 Å². The van der Waals surface area contributed by atoms with Crippen molar-refractivity contribution in [3.8, 4) is 17.1 Å². The number of carbonyl (C=O) groups excluding carboxylic acids is 1. The van der Waals surface area contributed by atoms with Crippen LogP contribution in [0.5, 0.6) is 0 Å². The monoisotopic (exact) mass is 457 g/mol. The minimum Gasteiger partial charge on any atom is -0.340 e. The third kappa shape index (κ3) is 5.31. The maximum Gasteiger partial charge on any atom is 0.235 e. The molecular weight excluding hydrogens is 430 g/mol. The lowest BCUT2D eigenvalue weighted by Crippen LogP contribution is -2.32. The number of hydrogen-bond acceptors (Lipinski definition) is 5. The van der Waals surface area contributed by atoms with Gasteiger partial charge in [0.15, 0.2) is 11.0 Å². The molecule has 0 saturated heterocycles. The van der Waals surface area contributed by atoms with Crippen molar-refractivity contribution in [1.29, 1.82) is 0 Å². The van der Waals surface area contributed by atoms with Gasteiger partial charge in [-0.15, -0.1) is 10.2 Å². The van der Waals surface area contributed by atoms with Gasteiger partial charge in [-0.3, -0.25) is 14.3 Å². The number of benzene rings is 2. The highest BCUT2D eigenvalue weighted by molar-refractivity contribution is 8.00. The molecule has 1 atom stereocenters. The van der Waals surface area contributed by atoms with E-state index in [1.807, 2.05) is 61.0 Å². The van der Waals surface area contributed by atoms with Gasteiger partial charge in [-0.1, -0.05) is 61.2 Å². The van der Waals surface area contributed by atoms with E-state index in [1.54, 1.807) is 17.3 Å². The number of carbonyl (C=O) groups is 1. The molecule has 0 aliphatic carbocycles. The van der Waals surface area contributed by atoms with Gasteiger partial charge in [-0.05, 0) is 48.7 Å². The molecule has 0 spiro atoms. The standard InChI is InChI=1S/C26H27N5OS/c1-4-20-10-12-23(13-11-20)31-24(22-14-16-27-17-15-22)28-29-26(31)33-19(2)25(32)30(3)18-21-8-6-5-7-9-21/h5-17,19H,4,18H2,1-3H3/t19-/m1/s1. The molecule has 0 radical (unpaired) electrons. The second-order valence-electron chi connectivity index (χ2n) is 7.84. The SMILES string of the molecule is CCc1ccc(-n2c(S[C@H](C)C(=O)N(C)Cc3ccccc3)nnc2-c2ccncc2)cc1. The lowest BCUT2D eigenvalue weighted by molar-refractivity contribution is -0.129. The fraction of sp³-hybridized carbons (Fsp3) is 0.231. The van der Waals surface area contributed by atoms with Crippen molar-refractivity contribution in [1.82, 2.24) is 24.6 Å². The lowest BCUT2D eigenvalue weighted by atomic mass is 10.1. The Morgan fingerprint density at radius 1 is 0.970 bits per heavy atom. The fourth-order valence-corrected chi connectivity index (χ4v) is 4.58. The largest absolute Gasteiger partial charge is 0.340 e. The number of rotatable bonds is 8. The first-order chi connectivity index (χ1) is 16.1. The number of nitrogens with zero attached hydrogens (tertiary/aromatic N) is 5. The Kier molecular flexibility index (Phi) is 7.19. The van der Waals surface area contributed by atoms with E-state index < -0.39 is 0 Å². The Bertz CT molecular complexity index is 1190. The average molecular weight is 458 g/mol. The van der Waals surface area contributed by atoms with Crippen molar-refractivity contribution >= 4 is 17.7 Å². The van der Waals surface area contributed by atoms with Crippen LogP contribution in [0, 0.1) is 0 Å². The van der Waals surface area contributed by atoms with Crippen LogP contribution in [0.1, 0.15) is 25.0 Å². The Balaban J connectivity index is 1.61. The van der Waals surface area contributed by atoms with Crippen LogP contribution in [0.4, 0.5) is 0 Å². The molecule has 0 saturated carbocycles. The molecule has 7 heteroatoms. The molecule has 168 valence electrons. The molecule has 0 unspecified atom stereocenters. The molecule has 0 bridgehead atoms. The molecule has 2 aromatic heterocycles. The van der Waals surface area contributed by atoms with Crippen LogP contribution in [-0.2, 0) is 17.8 Å². The Morgan fingerprint density at radius 3 is 2.33 bits per heavy atom. The van der Waals surface area contributed by atoms with E-state index >= 15 is 0 Å². The minimum atomic E-state index is -0.318. The molecule has 0 aliphatic heterocycles. The summed E-state index contributed by atoms with van der Waals surface area (Å²) < 4.78 is 2.01. The van der Waals surface area contributed by atoms with E-state index in [0.29, 0.717) is 11.7 Å². The third-order valence-corrected chi connectivity index (χ3v) is 6.47. The quantitative estimate of drug-likeness (QED) is 0.347. The van der Waals surface area contributed by atoms with Gasteiger partial charge in [0.05, 0.1) is 5.25 Å². The van der Waals surface area contributed by atoms with Crippen molar-refractivity contribution in [2.45, 2.75) is 37.2 Å². The smallest absolute Gasteiger partial charge is 0.235 e. The first-order valence-corrected chi connectivity index (χ1v) is 11.9. The van der Waals surface area contributed by atoms with Gasteiger partial charge in [0.2, 0.25) is 5.91 Å². The van der Waals surface area contributed by atoms with E-state index in [1.165, 1.54) is 17.3 Å². The second kappa shape index (κ2) is 10.4. The number of pyridine rings is 1. The fourth-order valence-electron chi connectivity index (χ4n) is 3.60. The zero-order valence-corrected chi connectivity index (χ0v) is 19.9. The van der Waals surface area contributed by atoms with Gasteiger partial charge in [0, 0.05) is 37.2 Å². The Hall–Kier alpha value is -3.45. The molecule has 2 aromatic carbocycles. The van der Waals surface area contributed by atoms with E-state index in [-0.39, 0.29) is 11.2 Å². The number of amides is 1. The predicted octanol–water partition coefficient (Wildman–Crippen LogP) is 5.03. The molecule has 2 heterocycles. The highest BCUT2D eigenvalue weighted by Crippen LogP contribution is 2.30. The molecule has 33 heavy (non-hydrogen) atoms. The molecule has 6 nitrogen and oxygen atoms in total. The van der Waals surface area contributed by atoms with Gasteiger partial charge in [-0.25, -0.2) is 0 Å². The maximum absolute atomic E-state index is 13.1. The van der Waals surface area contributed by atoms with Crippen molar-refractivity contribution in [2.24, 2.45) is 0 Å². The molecule has 0 aliphatic rings. The highest BCUT2D eigenvalue weighted by Gasteiger charge is 2.24.